The zero-order chi connectivity index (χ0) is 14.2. The minimum absolute atomic E-state index is 0.0132. The maximum Gasteiger partial charge on any atom is 0.308 e. The number of aromatic amines is 1. The van der Waals surface area contributed by atoms with E-state index in [1.165, 1.54) is 10.5 Å². The lowest BCUT2D eigenvalue weighted by Gasteiger charge is -2.14. The second-order valence-electron chi connectivity index (χ2n) is 4.79. The Morgan fingerprint density at radius 2 is 2.26 bits per heavy atom. The highest BCUT2D eigenvalue weighted by Crippen LogP contribution is 2.28. The van der Waals surface area contributed by atoms with Crippen molar-refractivity contribution in [2.24, 2.45) is 11.8 Å². The predicted octanol–water partition coefficient (Wildman–Crippen LogP) is 0.313. The monoisotopic (exact) mass is 287 g/mol. The molecule has 2 heterocycles. The van der Waals surface area contributed by atoms with Crippen LogP contribution in [-0.4, -0.2) is 46.9 Å². The Morgan fingerprint density at radius 1 is 1.58 bits per heavy atom. The molecule has 2 atom stereocenters. The van der Waals surface area contributed by atoms with E-state index in [4.69, 9.17) is 5.11 Å². The van der Waals surface area contributed by atoms with Crippen molar-refractivity contribution in [3.05, 3.63) is 12.0 Å². The highest BCUT2D eigenvalue weighted by molar-refractivity contribution is 7.89. The third kappa shape index (κ3) is 2.50. The number of hydrogen-bond donors (Lipinski definition) is 2. The van der Waals surface area contributed by atoms with Crippen LogP contribution < -0.4 is 0 Å². The van der Waals surface area contributed by atoms with E-state index in [9.17, 15) is 13.2 Å². The summed E-state index contributed by atoms with van der Waals surface area (Å²) in [5.41, 5.74) is 0. The summed E-state index contributed by atoms with van der Waals surface area (Å²) in [5, 5.41) is 9.07. The van der Waals surface area contributed by atoms with Crippen LogP contribution >= 0.6 is 0 Å². The molecule has 106 valence electrons. The number of aryl methyl sites for hydroxylation is 1. The summed E-state index contributed by atoms with van der Waals surface area (Å²) in [5.74, 6) is -1.20. The molecule has 1 fully saturated rings. The molecular weight excluding hydrogens is 270 g/mol. The third-order valence-electron chi connectivity index (χ3n) is 3.45. The Bertz CT molecular complexity index is 581. The van der Waals surface area contributed by atoms with Gasteiger partial charge in [0.25, 0.3) is 10.0 Å². The van der Waals surface area contributed by atoms with Crippen LogP contribution in [-0.2, 0) is 21.2 Å². The fourth-order valence-electron chi connectivity index (χ4n) is 2.23. The lowest BCUT2D eigenvalue weighted by molar-refractivity contribution is -0.142. The number of nitrogens with one attached hydrogen (secondary N) is 1. The number of rotatable bonds is 4. The molecule has 19 heavy (non-hydrogen) atoms. The van der Waals surface area contributed by atoms with Gasteiger partial charge in [0.1, 0.15) is 5.82 Å². The van der Waals surface area contributed by atoms with Crippen molar-refractivity contribution in [1.82, 2.24) is 14.3 Å². The number of nitrogens with zero attached hydrogens (tertiary/aromatic N) is 2. The van der Waals surface area contributed by atoms with Gasteiger partial charge in [-0.1, -0.05) is 13.8 Å². The Balaban J connectivity index is 2.24. The van der Waals surface area contributed by atoms with Crippen LogP contribution in [0.25, 0.3) is 0 Å². The molecule has 0 aliphatic carbocycles. The minimum Gasteiger partial charge on any atom is -0.481 e. The van der Waals surface area contributed by atoms with Crippen molar-refractivity contribution < 1.29 is 18.3 Å². The van der Waals surface area contributed by atoms with Crippen LogP contribution in [0.3, 0.4) is 0 Å². The van der Waals surface area contributed by atoms with E-state index in [1.807, 2.05) is 6.92 Å². The third-order valence-corrected chi connectivity index (χ3v) is 5.20. The zero-order valence-corrected chi connectivity index (χ0v) is 11.6. The van der Waals surface area contributed by atoms with Gasteiger partial charge >= 0.3 is 5.97 Å². The number of aromatic nitrogens is 2. The molecule has 1 aromatic rings. The molecule has 2 unspecified atom stereocenters. The predicted molar refractivity (Wildman–Crippen MR) is 67.0 cm³/mol. The number of carbonyl (C=O) groups is 1. The summed E-state index contributed by atoms with van der Waals surface area (Å²) in [7, 11) is -3.68. The quantitative estimate of drug-likeness (QED) is 0.829. The SMILES string of the molecule is CCc1ncc(S(=O)(=O)N2CC(C)C(C(=O)O)C2)[nH]1. The maximum absolute atomic E-state index is 12.3. The van der Waals surface area contributed by atoms with Crippen LogP contribution in [0.1, 0.15) is 19.7 Å². The molecule has 0 radical (unpaired) electrons. The number of carboxylic acid groups (broad SMARTS) is 1. The van der Waals surface area contributed by atoms with E-state index in [-0.39, 0.29) is 24.0 Å². The van der Waals surface area contributed by atoms with Gasteiger partial charge in [-0.25, -0.2) is 13.4 Å². The van der Waals surface area contributed by atoms with E-state index in [2.05, 4.69) is 9.97 Å². The van der Waals surface area contributed by atoms with Gasteiger partial charge in [-0.3, -0.25) is 4.79 Å². The fourth-order valence-corrected chi connectivity index (χ4v) is 3.73. The summed E-state index contributed by atoms with van der Waals surface area (Å²) in [6.07, 6.45) is 1.90. The standard InChI is InChI=1S/C11H17N3O4S/c1-3-9-12-4-10(13-9)19(17,18)14-5-7(2)8(6-14)11(15)16/h4,7-8H,3,5-6H2,1-2H3,(H,12,13)(H,15,16). The van der Waals surface area contributed by atoms with E-state index in [1.54, 1.807) is 6.92 Å². The van der Waals surface area contributed by atoms with E-state index < -0.39 is 21.9 Å². The molecule has 1 saturated heterocycles. The Kier molecular flexibility index (Phi) is 3.64. The van der Waals surface area contributed by atoms with Crippen LogP contribution in [0.2, 0.25) is 0 Å². The van der Waals surface area contributed by atoms with Crippen molar-refractivity contribution in [1.29, 1.82) is 0 Å². The van der Waals surface area contributed by atoms with Gasteiger partial charge in [-0.2, -0.15) is 4.31 Å². The highest BCUT2D eigenvalue weighted by atomic mass is 32.2. The van der Waals surface area contributed by atoms with Gasteiger partial charge in [0.15, 0.2) is 5.03 Å². The summed E-state index contributed by atoms with van der Waals surface area (Å²) in [6, 6.07) is 0. The van der Waals surface area contributed by atoms with Crippen LogP contribution in [0.15, 0.2) is 11.2 Å². The van der Waals surface area contributed by atoms with E-state index >= 15 is 0 Å². The first-order valence-corrected chi connectivity index (χ1v) is 7.57. The number of aliphatic carboxylic acids is 1. The van der Waals surface area contributed by atoms with Crippen molar-refractivity contribution in [2.75, 3.05) is 13.1 Å². The second kappa shape index (κ2) is 4.93. The van der Waals surface area contributed by atoms with Crippen LogP contribution in [0, 0.1) is 11.8 Å². The largest absolute Gasteiger partial charge is 0.481 e. The molecule has 0 bridgehead atoms. The van der Waals surface area contributed by atoms with Crippen molar-refractivity contribution in [3.8, 4) is 0 Å². The molecule has 2 N–H and O–H groups in total. The summed E-state index contributed by atoms with van der Waals surface area (Å²) in [4.78, 5) is 17.7. The first-order valence-electron chi connectivity index (χ1n) is 6.13. The topological polar surface area (TPSA) is 103 Å². The molecule has 7 nitrogen and oxygen atoms in total. The molecule has 1 aliphatic heterocycles. The molecule has 2 rings (SSSR count). The Labute approximate surface area is 111 Å². The van der Waals surface area contributed by atoms with Gasteiger partial charge in [0.2, 0.25) is 0 Å². The Hall–Kier alpha value is -1.41. The van der Waals surface area contributed by atoms with Gasteiger partial charge in [-0.15, -0.1) is 0 Å². The van der Waals surface area contributed by atoms with E-state index in [0.717, 1.165) is 0 Å². The normalized spacial score (nSPS) is 24.7. The highest BCUT2D eigenvalue weighted by Gasteiger charge is 2.41. The maximum atomic E-state index is 12.3. The number of H-pyrrole nitrogens is 1. The van der Waals surface area contributed by atoms with Crippen molar-refractivity contribution >= 4 is 16.0 Å². The number of imidazole rings is 1. The molecule has 0 amide bonds. The summed E-state index contributed by atoms with van der Waals surface area (Å²) < 4.78 is 25.9. The smallest absolute Gasteiger partial charge is 0.308 e. The molecule has 1 aliphatic rings. The van der Waals surface area contributed by atoms with Gasteiger partial charge < -0.3 is 10.1 Å². The lowest BCUT2D eigenvalue weighted by Crippen LogP contribution is -2.30. The first kappa shape index (κ1) is 14.0. The van der Waals surface area contributed by atoms with Gasteiger partial charge in [0.05, 0.1) is 12.1 Å². The molecule has 0 aromatic carbocycles. The first-order chi connectivity index (χ1) is 8.86. The van der Waals surface area contributed by atoms with Crippen LogP contribution in [0.4, 0.5) is 0 Å². The molecular formula is C11H17N3O4S. The van der Waals surface area contributed by atoms with E-state index in [0.29, 0.717) is 12.2 Å². The number of sulfonamides is 1. The average Bonchev–Trinajstić information content (AvgIpc) is 2.95. The van der Waals surface area contributed by atoms with Crippen LogP contribution in [0.5, 0.6) is 0 Å². The average molecular weight is 287 g/mol. The second-order valence-corrected chi connectivity index (χ2v) is 6.70. The summed E-state index contributed by atoms with van der Waals surface area (Å²) in [6.45, 7) is 3.85. The lowest BCUT2D eigenvalue weighted by atomic mass is 9.99. The fraction of sp³-hybridized carbons (Fsp3) is 0.636. The zero-order valence-electron chi connectivity index (χ0n) is 10.8. The Morgan fingerprint density at radius 3 is 2.74 bits per heavy atom. The minimum atomic E-state index is -3.68. The van der Waals surface area contributed by atoms with Gasteiger partial charge in [-0.05, 0) is 5.92 Å². The molecule has 0 spiro atoms. The van der Waals surface area contributed by atoms with Crippen molar-refractivity contribution in [2.45, 2.75) is 25.3 Å². The molecule has 0 saturated carbocycles. The van der Waals surface area contributed by atoms with Crippen molar-refractivity contribution in [3.63, 3.8) is 0 Å². The number of carboxylic acids is 1. The molecule has 8 heteroatoms. The number of hydrogen-bond acceptors (Lipinski definition) is 4. The molecule has 1 aromatic heterocycles. The van der Waals surface area contributed by atoms with Gasteiger partial charge in [0, 0.05) is 19.5 Å². The summed E-state index contributed by atoms with van der Waals surface area (Å²) >= 11 is 0.